The molecule has 0 atom stereocenters. The van der Waals surface area contributed by atoms with Crippen LogP contribution >= 0.6 is 0 Å². The molecule has 0 amide bonds. The van der Waals surface area contributed by atoms with Crippen molar-refractivity contribution in [1.29, 1.82) is 0 Å². The number of nitrogens with two attached hydrogens (primary N) is 1. The minimum atomic E-state index is 0.307. The molecule has 0 radical (unpaired) electrons. The summed E-state index contributed by atoms with van der Waals surface area (Å²) in [6.45, 7) is 7.59. The van der Waals surface area contributed by atoms with Crippen molar-refractivity contribution < 1.29 is 0 Å². The Balaban J connectivity index is 2.51. The number of rotatable bonds is 5. The van der Waals surface area contributed by atoms with Gasteiger partial charge in [-0.1, -0.05) is 38.1 Å². The van der Waals surface area contributed by atoms with Crippen LogP contribution in [0.2, 0.25) is 0 Å². The van der Waals surface area contributed by atoms with Crippen molar-refractivity contribution in [2.75, 3.05) is 18.4 Å². The summed E-state index contributed by atoms with van der Waals surface area (Å²) in [5.41, 5.74) is 9.80. The summed E-state index contributed by atoms with van der Waals surface area (Å²) in [5, 5.41) is 3.30. The van der Waals surface area contributed by atoms with Crippen LogP contribution in [0.5, 0.6) is 0 Å². The minimum absolute atomic E-state index is 0.307. The molecular formula is C16H22N4. The lowest BCUT2D eigenvalue weighted by Crippen LogP contribution is -2.15. The molecular weight excluding hydrogens is 248 g/mol. The molecule has 1 aromatic carbocycles. The average molecular weight is 270 g/mol. The summed E-state index contributed by atoms with van der Waals surface area (Å²) in [6.07, 6.45) is 1.86. The molecule has 0 aliphatic rings. The number of benzene rings is 1. The highest BCUT2D eigenvalue weighted by atomic mass is 15.0. The molecule has 0 spiro atoms. The molecule has 0 saturated carbocycles. The molecule has 4 heteroatoms. The van der Waals surface area contributed by atoms with Crippen molar-refractivity contribution in [3.05, 3.63) is 41.9 Å². The molecule has 0 bridgehead atoms. The number of anilines is 1. The molecule has 0 aliphatic carbocycles. The summed E-state index contributed by atoms with van der Waals surface area (Å²) >= 11 is 0. The molecule has 2 aromatic rings. The zero-order valence-corrected chi connectivity index (χ0v) is 12.4. The van der Waals surface area contributed by atoms with Crippen LogP contribution in [0, 0.1) is 6.92 Å². The van der Waals surface area contributed by atoms with Crippen LogP contribution in [-0.4, -0.2) is 23.1 Å². The third kappa shape index (κ3) is 3.14. The highest BCUT2D eigenvalue weighted by Crippen LogP contribution is 2.29. The third-order valence-corrected chi connectivity index (χ3v) is 3.18. The molecule has 20 heavy (non-hydrogen) atoms. The number of hydrogen-bond donors (Lipinski definition) is 2. The maximum absolute atomic E-state index is 5.57. The van der Waals surface area contributed by atoms with Crippen LogP contribution in [0.3, 0.4) is 0 Å². The molecule has 1 aromatic heterocycles. The topological polar surface area (TPSA) is 63.8 Å². The van der Waals surface area contributed by atoms with Gasteiger partial charge in [-0.05, 0) is 12.5 Å². The van der Waals surface area contributed by atoms with Crippen LogP contribution in [0.1, 0.15) is 31.2 Å². The van der Waals surface area contributed by atoms with Crippen LogP contribution in [0.15, 0.2) is 30.5 Å². The monoisotopic (exact) mass is 270 g/mol. The predicted molar refractivity (Wildman–Crippen MR) is 83.8 cm³/mol. The SMILES string of the molecule is Cc1ccccc1-c1nc(C(C)C)ncc1NCCN. The molecule has 0 saturated heterocycles. The van der Waals surface area contributed by atoms with Gasteiger partial charge >= 0.3 is 0 Å². The number of hydrogen-bond acceptors (Lipinski definition) is 4. The second kappa shape index (κ2) is 6.48. The van der Waals surface area contributed by atoms with Crippen molar-refractivity contribution in [2.45, 2.75) is 26.7 Å². The smallest absolute Gasteiger partial charge is 0.131 e. The second-order valence-electron chi connectivity index (χ2n) is 5.18. The highest BCUT2D eigenvalue weighted by Gasteiger charge is 2.12. The highest BCUT2D eigenvalue weighted by molar-refractivity contribution is 5.75. The standard InChI is InChI=1S/C16H22N4/c1-11(2)16-19-10-14(18-9-8-17)15(20-16)13-7-5-4-6-12(13)3/h4-7,10-11,18H,8-9,17H2,1-3H3. The van der Waals surface area contributed by atoms with Gasteiger partial charge in [0.25, 0.3) is 0 Å². The van der Waals surface area contributed by atoms with Gasteiger partial charge in [0.2, 0.25) is 0 Å². The van der Waals surface area contributed by atoms with Gasteiger partial charge < -0.3 is 11.1 Å². The summed E-state index contributed by atoms with van der Waals surface area (Å²) in [4.78, 5) is 9.17. The fraction of sp³-hybridized carbons (Fsp3) is 0.375. The van der Waals surface area contributed by atoms with Crippen LogP contribution in [0.25, 0.3) is 11.3 Å². The zero-order valence-electron chi connectivity index (χ0n) is 12.4. The Morgan fingerprint density at radius 1 is 1.25 bits per heavy atom. The number of nitrogens with zero attached hydrogens (tertiary/aromatic N) is 2. The molecule has 0 fully saturated rings. The van der Waals surface area contributed by atoms with Gasteiger partial charge in [0.05, 0.1) is 17.6 Å². The third-order valence-electron chi connectivity index (χ3n) is 3.18. The van der Waals surface area contributed by atoms with Gasteiger partial charge in [0.1, 0.15) is 5.82 Å². The zero-order chi connectivity index (χ0) is 14.5. The van der Waals surface area contributed by atoms with E-state index in [-0.39, 0.29) is 0 Å². The molecule has 3 N–H and O–H groups in total. The number of aromatic nitrogens is 2. The quantitative estimate of drug-likeness (QED) is 0.876. The van der Waals surface area contributed by atoms with Gasteiger partial charge in [0, 0.05) is 24.6 Å². The molecule has 2 rings (SSSR count). The Kier molecular flexibility index (Phi) is 4.69. The van der Waals surface area contributed by atoms with E-state index in [1.54, 1.807) is 0 Å². The summed E-state index contributed by atoms with van der Waals surface area (Å²) in [5.74, 6) is 1.17. The van der Waals surface area contributed by atoms with Crippen molar-refractivity contribution >= 4 is 5.69 Å². The normalized spacial score (nSPS) is 10.8. The number of aryl methyl sites for hydroxylation is 1. The van der Waals surface area contributed by atoms with E-state index in [2.05, 4.69) is 43.2 Å². The Hall–Kier alpha value is -1.94. The van der Waals surface area contributed by atoms with Gasteiger partial charge in [-0.15, -0.1) is 0 Å². The van der Waals surface area contributed by atoms with Crippen molar-refractivity contribution in [2.24, 2.45) is 5.73 Å². The first-order valence-electron chi connectivity index (χ1n) is 7.00. The van der Waals surface area contributed by atoms with E-state index in [0.717, 1.165) is 22.8 Å². The number of nitrogens with one attached hydrogen (secondary N) is 1. The Labute approximate surface area is 120 Å². The molecule has 4 nitrogen and oxygen atoms in total. The van der Waals surface area contributed by atoms with Gasteiger partial charge in [-0.2, -0.15) is 0 Å². The van der Waals surface area contributed by atoms with Crippen LogP contribution in [-0.2, 0) is 0 Å². The van der Waals surface area contributed by atoms with Crippen molar-refractivity contribution in [3.8, 4) is 11.3 Å². The second-order valence-corrected chi connectivity index (χ2v) is 5.18. The Morgan fingerprint density at radius 2 is 2.00 bits per heavy atom. The Morgan fingerprint density at radius 3 is 2.65 bits per heavy atom. The van der Waals surface area contributed by atoms with E-state index in [1.807, 2.05) is 18.3 Å². The van der Waals surface area contributed by atoms with E-state index in [4.69, 9.17) is 10.7 Å². The van der Waals surface area contributed by atoms with E-state index < -0.39 is 0 Å². The average Bonchev–Trinajstić information content (AvgIpc) is 2.45. The van der Waals surface area contributed by atoms with E-state index in [0.29, 0.717) is 19.0 Å². The first-order chi connectivity index (χ1) is 9.63. The maximum atomic E-state index is 5.57. The van der Waals surface area contributed by atoms with E-state index in [9.17, 15) is 0 Å². The van der Waals surface area contributed by atoms with Crippen molar-refractivity contribution in [1.82, 2.24) is 9.97 Å². The fourth-order valence-corrected chi connectivity index (χ4v) is 2.05. The van der Waals surface area contributed by atoms with Crippen LogP contribution in [0.4, 0.5) is 5.69 Å². The molecule has 1 heterocycles. The Bertz CT molecular complexity index is 578. The predicted octanol–water partition coefficient (Wildman–Crippen LogP) is 2.95. The van der Waals surface area contributed by atoms with E-state index in [1.165, 1.54) is 5.56 Å². The largest absolute Gasteiger partial charge is 0.381 e. The molecule has 0 aliphatic heterocycles. The van der Waals surface area contributed by atoms with Crippen molar-refractivity contribution in [3.63, 3.8) is 0 Å². The summed E-state index contributed by atoms with van der Waals surface area (Å²) in [7, 11) is 0. The van der Waals surface area contributed by atoms with Gasteiger partial charge in [-0.3, -0.25) is 0 Å². The first kappa shape index (κ1) is 14.5. The van der Waals surface area contributed by atoms with Gasteiger partial charge in [-0.25, -0.2) is 9.97 Å². The molecule has 106 valence electrons. The minimum Gasteiger partial charge on any atom is -0.381 e. The lowest BCUT2D eigenvalue weighted by Gasteiger charge is -2.14. The lowest BCUT2D eigenvalue weighted by atomic mass is 10.0. The summed E-state index contributed by atoms with van der Waals surface area (Å²) in [6, 6.07) is 8.26. The van der Waals surface area contributed by atoms with E-state index >= 15 is 0 Å². The molecule has 0 unspecified atom stereocenters. The lowest BCUT2D eigenvalue weighted by molar-refractivity contribution is 0.776. The summed E-state index contributed by atoms with van der Waals surface area (Å²) < 4.78 is 0. The van der Waals surface area contributed by atoms with Crippen LogP contribution < -0.4 is 11.1 Å². The van der Waals surface area contributed by atoms with Gasteiger partial charge in [0.15, 0.2) is 0 Å². The maximum Gasteiger partial charge on any atom is 0.131 e. The first-order valence-corrected chi connectivity index (χ1v) is 7.00. The fourth-order valence-electron chi connectivity index (χ4n) is 2.05.